The fourth-order valence-electron chi connectivity index (χ4n) is 2.45. The SMILES string of the molecule is Cc1ccc(SCCN(C)Cc2cncn2C2CC2)cc1. The second-order valence-electron chi connectivity index (χ2n) is 5.92. The number of aryl methyl sites for hydroxylation is 1. The average Bonchev–Trinajstić information content (AvgIpc) is 3.22. The summed E-state index contributed by atoms with van der Waals surface area (Å²) in [7, 11) is 2.19. The van der Waals surface area contributed by atoms with Crippen molar-refractivity contribution in [3.8, 4) is 0 Å². The Morgan fingerprint density at radius 3 is 2.76 bits per heavy atom. The Labute approximate surface area is 131 Å². The van der Waals surface area contributed by atoms with Crippen molar-refractivity contribution >= 4 is 11.8 Å². The van der Waals surface area contributed by atoms with Crippen LogP contribution in [0.2, 0.25) is 0 Å². The molecular formula is C17H23N3S. The zero-order chi connectivity index (χ0) is 14.7. The van der Waals surface area contributed by atoms with Crippen molar-refractivity contribution in [1.82, 2.24) is 14.5 Å². The molecule has 0 unspecified atom stereocenters. The molecule has 1 aromatic heterocycles. The van der Waals surface area contributed by atoms with E-state index >= 15 is 0 Å². The lowest BCUT2D eigenvalue weighted by atomic mass is 10.2. The fraction of sp³-hybridized carbons (Fsp3) is 0.471. The second-order valence-corrected chi connectivity index (χ2v) is 7.09. The van der Waals surface area contributed by atoms with Crippen molar-refractivity contribution in [3.63, 3.8) is 0 Å². The topological polar surface area (TPSA) is 21.1 Å². The molecule has 1 fully saturated rings. The third-order valence-corrected chi connectivity index (χ3v) is 4.87. The Balaban J connectivity index is 1.44. The minimum Gasteiger partial charge on any atom is -0.330 e. The molecule has 1 aromatic carbocycles. The van der Waals surface area contributed by atoms with E-state index in [2.05, 4.69) is 52.7 Å². The molecule has 4 heteroatoms. The van der Waals surface area contributed by atoms with Crippen LogP contribution in [0.1, 0.15) is 30.1 Å². The van der Waals surface area contributed by atoms with Gasteiger partial charge in [0.05, 0.1) is 12.0 Å². The minimum absolute atomic E-state index is 0.720. The number of hydrogen-bond acceptors (Lipinski definition) is 3. The zero-order valence-corrected chi connectivity index (χ0v) is 13.6. The van der Waals surface area contributed by atoms with Gasteiger partial charge < -0.3 is 4.57 Å². The molecule has 1 heterocycles. The first kappa shape index (κ1) is 14.7. The van der Waals surface area contributed by atoms with Gasteiger partial charge in [0.15, 0.2) is 0 Å². The second kappa shape index (κ2) is 6.67. The number of nitrogens with zero attached hydrogens (tertiary/aromatic N) is 3. The van der Waals surface area contributed by atoms with Crippen LogP contribution in [0.4, 0.5) is 0 Å². The molecule has 0 atom stereocenters. The predicted octanol–water partition coefficient (Wildman–Crippen LogP) is 3.75. The molecule has 1 aliphatic carbocycles. The molecular weight excluding hydrogens is 278 g/mol. The van der Waals surface area contributed by atoms with Crippen LogP contribution in [0.15, 0.2) is 41.7 Å². The van der Waals surface area contributed by atoms with Gasteiger partial charge in [-0.2, -0.15) is 0 Å². The number of aromatic nitrogens is 2. The molecule has 0 spiro atoms. The number of benzene rings is 1. The first-order valence-corrected chi connectivity index (χ1v) is 8.59. The van der Waals surface area contributed by atoms with Gasteiger partial charge in [0, 0.05) is 36.0 Å². The van der Waals surface area contributed by atoms with Gasteiger partial charge in [-0.25, -0.2) is 4.98 Å². The third-order valence-electron chi connectivity index (χ3n) is 3.88. The van der Waals surface area contributed by atoms with Crippen LogP contribution in [0.25, 0.3) is 0 Å². The lowest BCUT2D eigenvalue weighted by Gasteiger charge is -2.17. The van der Waals surface area contributed by atoms with Crippen molar-refractivity contribution in [2.45, 2.75) is 37.2 Å². The highest BCUT2D eigenvalue weighted by atomic mass is 32.2. The van der Waals surface area contributed by atoms with Gasteiger partial charge in [0.25, 0.3) is 0 Å². The maximum absolute atomic E-state index is 4.30. The molecule has 1 aliphatic rings. The maximum Gasteiger partial charge on any atom is 0.0951 e. The molecule has 2 aromatic rings. The van der Waals surface area contributed by atoms with Crippen LogP contribution in [0.5, 0.6) is 0 Å². The summed E-state index contributed by atoms with van der Waals surface area (Å²) in [6.07, 6.45) is 6.64. The Morgan fingerprint density at radius 2 is 2.05 bits per heavy atom. The highest BCUT2D eigenvalue weighted by molar-refractivity contribution is 7.99. The fourth-order valence-corrected chi connectivity index (χ4v) is 3.41. The van der Waals surface area contributed by atoms with Crippen LogP contribution in [-0.2, 0) is 6.54 Å². The summed E-state index contributed by atoms with van der Waals surface area (Å²) in [6.45, 7) is 4.21. The van der Waals surface area contributed by atoms with Crippen LogP contribution < -0.4 is 0 Å². The quantitative estimate of drug-likeness (QED) is 0.727. The van der Waals surface area contributed by atoms with Gasteiger partial charge in [-0.15, -0.1) is 11.8 Å². The van der Waals surface area contributed by atoms with E-state index in [1.807, 2.05) is 24.3 Å². The molecule has 1 saturated carbocycles. The van der Waals surface area contributed by atoms with Crippen LogP contribution >= 0.6 is 11.8 Å². The lowest BCUT2D eigenvalue weighted by Crippen LogP contribution is -2.22. The molecule has 0 bridgehead atoms. The summed E-state index contributed by atoms with van der Waals surface area (Å²) in [4.78, 5) is 8.05. The Kier molecular flexibility index (Phi) is 4.66. The molecule has 0 N–H and O–H groups in total. The van der Waals surface area contributed by atoms with E-state index in [4.69, 9.17) is 0 Å². The van der Waals surface area contributed by atoms with E-state index in [0.717, 1.165) is 24.9 Å². The maximum atomic E-state index is 4.30. The predicted molar refractivity (Wildman–Crippen MR) is 88.7 cm³/mol. The molecule has 21 heavy (non-hydrogen) atoms. The van der Waals surface area contributed by atoms with Crippen molar-refractivity contribution in [2.24, 2.45) is 0 Å². The van der Waals surface area contributed by atoms with E-state index in [1.165, 1.54) is 29.0 Å². The lowest BCUT2D eigenvalue weighted by molar-refractivity contribution is 0.337. The van der Waals surface area contributed by atoms with Crippen molar-refractivity contribution < 1.29 is 0 Å². The van der Waals surface area contributed by atoms with Gasteiger partial charge in [-0.1, -0.05) is 17.7 Å². The molecule has 0 saturated heterocycles. The molecule has 0 radical (unpaired) electrons. The molecule has 0 aliphatic heterocycles. The van der Waals surface area contributed by atoms with Crippen molar-refractivity contribution in [3.05, 3.63) is 48.0 Å². The normalized spacial score (nSPS) is 14.8. The molecule has 112 valence electrons. The summed E-state index contributed by atoms with van der Waals surface area (Å²) >= 11 is 1.93. The van der Waals surface area contributed by atoms with E-state index in [1.54, 1.807) is 0 Å². The summed E-state index contributed by atoms with van der Waals surface area (Å²) in [5.74, 6) is 1.12. The zero-order valence-electron chi connectivity index (χ0n) is 12.8. The monoisotopic (exact) mass is 301 g/mol. The van der Waals surface area contributed by atoms with Gasteiger partial charge in [0.2, 0.25) is 0 Å². The average molecular weight is 301 g/mol. The standard InChI is InChI=1S/C17H23N3S/c1-14-3-7-17(8-4-14)21-10-9-19(2)12-16-11-18-13-20(16)15-5-6-15/h3-4,7-8,11,13,15H,5-6,9-10,12H2,1-2H3. The Bertz CT molecular complexity index is 572. The number of hydrogen-bond donors (Lipinski definition) is 0. The number of rotatable bonds is 7. The summed E-state index contributed by atoms with van der Waals surface area (Å²) < 4.78 is 2.35. The van der Waals surface area contributed by atoms with E-state index in [0.29, 0.717) is 0 Å². The summed E-state index contributed by atoms with van der Waals surface area (Å²) in [5.41, 5.74) is 2.67. The first-order valence-electron chi connectivity index (χ1n) is 7.61. The third kappa shape index (κ3) is 4.11. The van der Waals surface area contributed by atoms with Crippen molar-refractivity contribution in [2.75, 3.05) is 19.3 Å². The summed E-state index contributed by atoms with van der Waals surface area (Å²) in [5, 5.41) is 0. The van der Waals surface area contributed by atoms with E-state index < -0.39 is 0 Å². The highest BCUT2D eigenvalue weighted by Gasteiger charge is 2.25. The first-order chi connectivity index (χ1) is 10.2. The number of thioether (sulfide) groups is 1. The van der Waals surface area contributed by atoms with Gasteiger partial charge in [-0.3, -0.25) is 4.90 Å². The van der Waals surface area contributed by atoms with Gasteiger partial charge in [0.1, 0.15) is 0 Å². The van der Waals surface area contributed by atoms with Gasteiger partial charge >= 0.3 is 0 Å². The smallest absolute Gasteiger partial charge is 0.0951 e. The molecule has 3 nitrogen and oxygen atoms in total. The number of imidazole rings is 1. The highest BCUT2D eigenvalue weighted by Crippen LogP contribution is 2.35. The van der Waals surface area contributed by atoms with Crippen LogP contribution in [0.3, 0.4) is 0 Å². The Hall–Kier alpha value is -1.26. The van der Waals surface area contributed by atoms with Crippen LogP contribution in [0, 0.1) is 6.92 Å². The molecule has 0 amide bonds. The summed E-state index contributed by atoms with van der Waals surface area (Å²) in [6, 6.07) is 9.50. The molecule has 3 rings (SSSR count). The largest absolute Gasteiger partial charge is 0.330 e. The van der Waals surface area contributed by atoms with E-state index in [-0.39, 0.29) is 0 Å². The minimum atomic E-state index is 0.720. The Morgan fingerprint density at radius 1 is 1.29 bits per heavy atom. The van der Waals surface area contributed by atoms with Gasteiger partial charge in [-0.05, 0) is 38.9 Å². The van der Waals surface area contributed by atoms with E-state index in [9.17, 15) is 0 Å². The van der Waals surface area contributed by atoms with Crippen molar-refractivity contribution in [1.29, 1.82) is 0 Å². The van der Waals surface area contributed by atoms with Crippen LogP contribution in [-0.4, -0.2) is 33.8 Å².